The molecular formula is C10H15BO3. The average Bonchev–Trinajstić information content (AvgIpc) is 2.15. The molecule has 0 fully saturated rings. The van der Waals surface area contributed by atoms with E-state index in [0.717, 1.165) is 0 Å². The molecule has 2 N–H and O–H groups in total. The lowest BCUT2D eigenvalue weighted by atomic mass is 9.79. The van der Waals surface area contributed by atoms with Crippen molar-refractivity contribution in [2.24, 2.45) is 5.92 Å². The van der Waals surface area contributed by atoms with Crippen LogP contribution in [0, 0.1) is 5.92 Å². The summed E-state index contributed by atoms with van der Waals surface area (Å²) in [5, 5.41) is 18.1. The quantitative estimate of drug-likeness (QED) is 0.682. The van der Waals surface area contributed by atoms with Gasteiger partial charge in [0.15, 0.2) is 0 Å². The van der Waals surface area contributed by atoms with Gasteiger partial charge in [-0.3, -0.25) is 0 Å². The van der Waals surface area contributed by atoms with Gasteiger partial charge in [-0.15, -0.1) is 0 Å². The third kappa shape index (κ3) is 3.05. The molecule has 0 amide bonds. The molecule has 0 spiro atoms. The first kappa shape index (κ1) is 11.1. The third-order valence-electron chi connectivity index (χ3n) is 1.77. The Morgan fingerprint density at radius 1 is 1.29 bits per heavy atom. The molecule has 0 bridgehead atoms. The second-order valence-electron chi connectivity index (χ2n) is 3.62. The van der Waals surface area contributed by atoms with Gasteiger partial charge in [-0.2, -0.15) is 0 Å². The van der Waals surface area contributed by atoms with Crippen LogP contribution in [0.4, 0.5) is 0 Å². The van der Waals surface area contributed by atoms with Crippen LogP contribution in [0.3, 0.4) is 0 Å². The first-order valence-corrected chi connectivity index (χ1v) is 4.69. The Morgan fingerprint density at radius 3 is 2.50 bits per heavy atom. The minimum absolute atomic E-state index is 0.410. The van der Waals surface area contributed by atoms with E-state index in [9.17, 15) is 0 Å². The fourth-order valence-electron chi connectivity index (χ4n) is 1.08. The second-order valence-corrected chi connectivity index (χ2v) is 3.62. The van der Waals surface area contributed by atoms with Gasteiger partial charge in [0, 0.05) is 5.46 Å². The molecule has 4 heteroatoms. The van der Waals surface area contributed by atoms with Crippen molar-refractivity contribution in [1.82, 2.24) is 0 Å². The molecule has 0 aliphatic rings. The van der Waals surface area contributed by atoms with E-state index in [1.165, 1.54) is 0 Å². The van der Waals surface area contributed by atoms with Gasteiger partial charge in [-0.1, -0.05) is 32.0 Å². The number of rotatable bonds is 4. The van der Waals surface area contributed by atoms with Crippen LogP contribution in [-0.4, -0.2) is 23.8 Å². The zero-order valence-corrected chi connectivity index (χ0v) is 8.47. The maximum atomic E-state index is 9.05. The van der Waals surface area contributed by atoms with E-state index in [2.05, 4.69) is 0 Å². The average molecular weight is 194 g/mol. The Morgan fingerprint density at radius 2 is 1.93 bits per heavy atom. The topological polar surface area (TPSA) is 49.7 Å². The SMILES string of the molecule is CC(C)COc1ccccc1B(O)O. The van der Waals surface area contributed by atoms with Gasteiger partial charge in [0.2, 0.25) is 0 Å². The molecule has 14 heavy (non-hydrogen) atoms. The number of benzene rings is 1. The smallest absolute Gasteiger partial charge is 0.492 e. The molecule has 0 aliphatic heterocycles. The lowest BCUT2D eigenvalue weighted by Crippen LogP contribution is -2.31. The molecule has 0 aromatic heterocycles. The van der Waals surface area contributed by atoms with E-state index >= 15 is 0 Å². The van der Waals surface area contributed by atoms with Crippen LogP contribution in [0.1, 0.15) is 13.8 Å². The summed E-state index contributed by atoms with van der Waals surface area (Å²) in [6, 6.07) is 6.93. The maximum Gasteiger partial charge on any atom is 0.492 e. The summed E-state index contributed by atoms with van der Waals surface area (Å²) in [6.07, 6.45) is 0. The van der Waals surface area contributed by atoms with Crippen LogP contribution < -0.4 is 10.2 Å². The van der Waals surface area contributed by atoms with Crippen molar-refractivity contribution in [3.8, 4) is 5.75 Å². The van der Waals surface area contributed by atoms with Crippen molar-refractivity contribution in [2.45, 2.75) is 13.8 Å². The largest absolute Gasteiger partial charge is 0.494 e. The minimum atomic E-state index is -1.47. The van der Waals surface area contributed by atoms with Crippen molar-refractivity contribution in [1.29, 1.82) is 0 Å². The molecule has 76 valence electrons. The Kier molecular flexibility index (Phi) is 3.98. The lowest BCUT2D eigenvalue weighted by molar-refractivity contribution is 0.272. The molecule has 1 aromatic rings. The van der Waals surface area contributed by atoms with E-state index in [1.807, 2.05) is 19.9 Å². The van der Waals surface area contributed by atoms with Gasteiger partial charge < -0.3 is 14.8 Å². The summed E-state index contributed by atoms with van der Waals surface area (Å²) in [5.74, 6) is 0.954. The Balaban J connectivity index is 2.74. The molecule has 1 rings (SSSR count). The number of para-hydroxylation sites is 1. The summed E-state index contributed by atoms with van der Waals surface area (Å²) in [7, 11) is -1.47. The fraction of sp³-hybridized carbons (Fsp3) is 0.400. The first-order valence-electron chi connectivity index (χ1n) is 4.69. The summed E-state index contributed by atoms with van der Waals surface area (Å²) in [6.45, 7) is 4.65. The lowest BCUT2D eigenvalue weighted by Gasteiger charge is -2.12. The van der Waals surface area contributed by atoms with E-state index in [0.29, 0.717) is 23.7 Å². The Bertz CT molecular complexity index is 286. The number of hydrogen-bond acceptors (Lipinski definition) is 3. The molecule has 1 aromatic carbocycles. The number of hydrogen-bond donors (Lipinski definition) is 2. The molecule has 3 nitrogen and oxygen atoms in total. The molecule has 0 aliphatic carbocycles. The van der Waals surface area contributed by atoms with Gasteiger partial charge in [0.25, 0.3) is 0 Å². The van der Waals surface area contributed by atoms with Crippen LogP contribution >= 0.6 is 0 Å². The van der Waals surface area contributed by atoms with Crippen LogP contribution in [0.2, 0.25) is 0 Å². The Labute approximate surface area is 84.5 Å². The monoisotopic (exact) mass is 194 g/mol. The van der Waals surface area contributed by atoms with Gasteiger partial charge in [-0.25, -0.2) is 0 Å². The van der Waals surface area contributed by atoms with Gasteiger partial charge in [0.05, 0.1) is 6.61 Å². The third-order valence-corrected chi connectivity index (χ3v) is 1.77. The zero-order chi connectivity index (χ0) is 10.6. The fourth-order valence-corrected chi connectivity index (χ4v) is 1.08. The molecular weight excluding hydrogens is 179 g/mol. The van der Waals surface area contributed by atoms with Crippen LogP contribution in [0.5, 0.6) is 5.75 Å². The van der Waals surface area contributed by atoms with E-state index in [4.69, 9.17) is 14.8 Å². The normalized spacial score (nSPS) is 10.4. The molecule has 0 saturated heterocycles. The van der Waals surface area contributed by atoms with Gasteiger partial charge in [0.1, 0.15) is 5.75 Å². The standard InChI is InChI=1S/C10H15BO3/c1-8(2)7-14-10-6-4-3-5-9(10)11(12)13/h3-6,8,12-13H,7H2,1-2H3. The van der Waals surface area contributed by atoms with Gasteiger partial charge in [-0.05, 0) is 12.0 Å². The minimum Gasteiger partial charge on any atom is -0.494 e. The van der Waals surface area contributed by atoms with Crippen LogP contribution in [-0.2, 0) is 0 Å². The van der Waals surface area contributed by atoms with E-state index < -0.39 is 7.12 Å². The van der Waals surface area contributed by atoms with E-state index in [-0.39, 0.29) is 0 Å². The second kappa shape index (κ2) is 5.03. The molecule has 0 heterocycles. The van der Waals surface area contributed by atoms with Crippen molar-refractivity contribution in [3.05, 3.63) is 24.3 Å². The summed E-state index contributed by atoms with van der Waals surface area (Å²) >= 11 is 0. The highest BCUT2D eigenvalue weighted by atomic mass is 16.5. The molecule has 0 saturated carbocycles. The summed E-state index contributed by atoms with van der Waals surface area (Å²) < 4.78 is 5.44. The highest BCUT2D eigenvalue weighted by Gasteiger charge is 2.16. The molecule has 0 radical (unpaired) electrons. The summed E-state index contributed by atoms with van der Waals surface area (Å²) in [5.41, 5.74) is 0.410. The number of ether oxygens (including phenoxy) is 1. The zero-order valence-electron chi connectivity index (χ0n) is 8.47. The van der Waals surface area contributed by atoms with E-state index in [1.54, 1.807) is 18.2 Å². The molecule has 0 atom stereocenters. The van der Waals surface area contributed by atoms with Crippen molar-refractivity contribution >= 4 is 12.6 Å². The maximum absolute atomic E-state index is 9.05. The predicted octanol–water partition coefficient (Wildman–Crippen LogP) is 0.401. The Hall–Kier alpha value is -0.995. The van der Waals surface area contributed by atoms with Gasteiger partial charge >= 0.3 is 7.12 Å². The first-order chi connectivity index (χ1) is 6.61. The van der Waals surface area contributed by atoms with Crippen LogP contribution in [0.15, 0.2) is 24.3 Å². The van der Waals surface area contributed by atoms with Crippen molar-refractivity contribution in [2.75, 3.05) is 6.61 Å². The van der Waals surface area contributed by atoms with Crippen LogP contribution in [0.25, 0.3) is 0 Å². The molecule has 0 unspecified atom stereocenters. The highest BCUT2D eigenvalue weighted by Crippen LogP contribution is 2.08. The van der Waals surface area contributed by atoms with Crippen molar-refractivity contribution in [3.63, 3.8) is 0 Å². The summed E-state index contributed by atoms with van der Waals surface area (Å²) in [4.78, 5) is 0. The highest BCUT2D eigenvalue weighted by molar-refractivity contribution is 6.59. The van der Waals surface area contributed by atoms with Crippen molar-refractivity contribution < 1.29 is 14.8 Å². The predicted molar refractivity (Wildman–Crippen MR) is 56.6 cm³/mol.